The van der Waals surface area contributed by atoms with Crippen molar-refractivity contribution in [3.8, 4) is 0 Å². The first kappa shape index (κ1) is 15.2. The summed E-state index contributed by atoms with van der Waals surface area (Å²) in [6.07, 6.45) is 3.75. The molecule has 1 N–H and O–H groups in total. The van der Waals surface area contributed by atoms with Crippen LogP contribution in [0, 0.1) is 0 Å². The fraction of sp³-hybridized carbons (Fsp3) is 0.625. The Morgan fingerprint density at radius 3 is 2.61 bits per heavy atom. The van der Waals surface area contributed by atoms with Crippen LogP contribution in [0.4, 0.5) is 0 Å². The molecular weight excluding hydrogens is 220 g/mol. The Morgan fingerprint density at radius 2 is 1.89 bits per heavy atom. The van der Waals surface area contributed by atoms with E-state index in [1.54, 1.807) is 0 Å². The third-order valence-corrected chi connectivity index (χ3v) is 3.09. The van der Waals surface area contributed by atoms with Crippen LogP contribution in [0.15, 0.2) is 24.3 Å². The van der Waals surface area contributed by atoms with E-state index in [1.165, 1.54) is 36.9 Å². The molecule has 0 spiro atoms. The standard InChI is InChI=1S/C16H28N2/c1-4-6-11-18(3)14-16-9-7-8-15(12-16)13-17-10-5-2/h7-9,12,17H,4-6,10-11,13-14H2,1-3H3. The number of hydrogen-bond donors (Lipinski definition) is 1. The van der Waals surface area contributed by atoms with Gasteiger partial charge in [-0.15, -0.1) is 0 Å². The molecule has 0 fully saturated rings. The molecule has 2 nitrogen and oxygen atoms in total. The smallest absolute Gasteiger partial charge is 0.0230 e. The summed E-state index contributed by atoms with van der Waals surface area (Å²) in [6.45, 7) is 8.78. The summed E-state index contributed by atoms with van der Waals surface area (Å²) in [7, 11) is 2.21. The fourth-order valence-electron chi connectivity index (χ4n) is 2.07. The molecule has 18 heavy (non-hydrogen) atoms. The average Bonchev–Trinajstić information content (AvgIpc) is 2.37. The van der Waals surface area contributed by atoms with Crippen molar-refractivity contribution < 1.29 is 0 Å². The van der Waals surface area contributed by atoms with Gasteiger partial charge in [0, 0.05) is 13.1 Å². The van der Waals surface area contributed by atoms with Gasteiger partial charge >= 0.3 is 0 Å². The molecule has 1 aromatic carbocycles. The van der Waals surface area contributed by atoms with Crippen molar-refractivity contribution in [2.45, 2.75) is 46.2 Å². The van der Waals surface area contributed by atoms with Crippen LogP contribution in [0.3, 0.4) is 0 Å². The van der Waals surface area contributed by atoms with E-state index in [0.29, 0.717) is 0 Å². The molecule has 0 aliphatic heterocycles. The van der Waals surface area contributed by atoms with Gasteiger partial charge in [0.25, 0.3) is 0 Å². The lowest BCUT2D eigenvalue weighted by molar-refractivity contribution is 0.320. The molecule has 0 heterocycles. The van der Waals surface area contributed by atoms with Crippen LogP contribution in [0.5, 0.6) is 0 Å². The van der Waals surface area contributed by atoms with Crippen molar-refractivity contribution in [2.24, 2.45) is 0 Å². The Bertz CT molecular complexity index is 323. The Hall–Kier alpha value is -0.860. The lowest BCUT2D eigenvalue weighted by Gasteiger charge is -2.16. The Kier molecular flexibility index (Phi) is 7.70. The Labute approximate surface area is 112 Å². The third kappa shape index (κ3) is 6.18. The van der Waals surface area contributed by atoms with E-state index in [0.717, 1.165) is 19.6 Å². The van der Waals surface area contributed by atoms with Crippen molar-refractivity contribution in [3.63, 3.8) is 0 Å². The van der Waals surface area contributed by atoms with Crippen molar-refractivity contribution >= 4 is 0 Å². The number of nitrogens with zero attached hydrogens (tertiary/aromatic N) is 1. The summed E-state index contributed by atoms with van der Waals surface area (Å²) < 4.78 is 0. The second-order valence-corrected chi connectivity index (χ2v) is 5.09. The Morgan fingerprint density at radius 1 is 1.11 bits per heavy atom. The molecule has 0 bridgehead atoms. The van der Waals surface area contributed by atoms with Crippen LogP contribution < -0.4 is 5.32 Å². The molecule has 0 saturated heterocycles. The van der Waals surface area contributed by atoms with Gasteiger partial charge in [-0.1, -0.05) is 44.5 Å². The van der Waals surface area contributed by atoms with Crippen LogP contribution >= 0.6 is 0 Å². The topological polar surface area (TPSA) is 15.3 Å². The molecule has 0 aliphatic carbocycles. The van der Waals surface area contributed by atoms with E-state index in [4.69, 9.17) is 0 Å². The van der Waals surface area contributed by atoms with Gasteiger partial charge in [0.1, 0.15) is 0 Å². The lowest BCUT2D eigenvalue weighted by atomic mass is 10.1. The molecule has 102 valence electrons. The number of unbranched alkanes of at least 4 members (excludes halogenated alkanes) is 1. The molecule has 0 unspecified atom stereocenters. The highest BCUT2D eigenvalue weighted by Crippen LogP contribution is 2.08. The van der Waals surface area contributed by atoms with Crippen molar-refractivity contribution in [2.75, 3.05) is 20.1 Å². The van der Waals surface area contributed by atoms with Crippen LogP contribution in [-0.2, 0) is 13.1 Å². The summed E-state index contributed by atoms with van der Waals surface area (Å²) in [5, 5.41) is 3.45. The summed E-state index contributed by atoms with van der Waals surface area (Å²) >= 11 is 0. The minimum Gasteiger partial charge on any atom is -0.313 e. The first-order valence-electron chi connectivity index (χ1n) is 7.23. The zero-order valence-corrected chi connectivity index (χ0v) is 12.2. The predicted octanol–water partition coefficient (Wildman–Crippen LogP) is 3.42. The monoisotopic (exact) mass is 248 g/mol. The van der Waals surface area contributed by atoms with E-state index in [2.05, 4.69) is 55.4 Å². The molecule has 1 rings (SSSR count). The quantitative estimate of drug-likeness (QED) is 0.674. The number of nitrogens with one attached hydrogen (secondary N) is 1. The van der Waals surface area contributed by atoms with Gasteiger partial charge in [0.2, 0.25) is 0 Å². The molecule has 0 aromatic heterocycles. The maximum absolute atomic E-state index is 3.45. The minimum absolute atomic E-state index is 0.986. The number of hydrogen-bond acceptors (Lipinski definition) is 2. The summed E-state index contributed by atoms with van der Waals surface area (Å²) in [5.41, 5.74) is 2.81. The third-order valence-electron chi connectivity index (χ3n) is 3.09. The average molecular weight is 248 g/mol. The summed E-state index contributed by atoms with van der Waals surface area (Å²) in [5.74, 6) is 0. The Balaban J connectivity index is 2.43. The largest absolute Gasteiger partial charge is 0.313 e. The van der Waals surface area contributed by atoms with E-state index in [-0.39, 0.29) is 0 Å². The normalized spacial score (nSPS) is 11.1. The highest BCUT2D eigenvalue weighted by Gasteiger charge is 2.01. The van der Waals surface area contributed by atoms with Gasteiger partial charge in [-0.25, -0.2) is 0 Å². The van der Waals surface area contributed by atoms with Crippen LogP contribution in [0.25, 0.3) is 0 Å². The molecule has 0 radical (unpaired) electrons. The van der Waals surface area contributed by atoms with E-state index < -0.39 is 0 Å². The zero-order chi connectivity index (χ0) is 13.2. The second kappa shape index (κ2) is 9.12. The maximum atomic E-state index is 3.45. The van der Waals surface area contributed by atoms with Gasteiger partial charge in [0.05, 0.1) is 0 Å². The first-order valence-corrected chi connectivity index (χ1v) is 7.23. The van der Waals surface area contributed by atoms with Crippen LogP contribution in [0.2, 0.25) is 0 Å². The molecule has 0 amide bonds. The SMILES string of the molecule is CCCCN(C)Cc1cccc(CNCCC)c1. The minimum atomic E-state index is 0.986. The van der Waals surface area contributed by atoms with Crippen molar-refractivity contribution in [1.29, 1.82) is 0 Å². The number of benzene rings is 1. The molecule has 0 saturated carbocycles. The van der Waals surface area contributed by atoms with E-state index in [1.807, 2.05) is 0 Å². The van der Waals surface area contributed by atoms with Gasteiger partial charge in [0.15, 0.2) is 0 Å². The first-order chi connectivity index (χ1) is 8.76. The predicted molar refractivity (Wildman–Crippen MR) is 79.7 cm³/mol. The van der Waals surface area contributed by atoms with Gasteiger partial charge in [-0.05, 0) is 44.1 Å². The second-order valence-electron chi connectivity index (χ2n) is 5.09. The highest BCUT2D eigenvalue weighted by atomic mass is 15.1. The van der Waals surface area contributed by atoms with E-state index >= 15 is 0 Å². The summed E-state index contributed by atoms with van der Waals surface area (Å²) in [4.78, 5) is 2.40. The lowest BCUT2D eigenvalue weighted by Crippen LogP contribution is -2.19. The number of rotatable bonds is 9. The highest BCUT2D eigenvalue weighted by molar-refractivity contribution is 5.23. The molecule has 0 aliphatic rings. The van der Waals surface area contributed by atoms with Gasteiger partial charge in [-0.2, -0.15) is 0 Å². The fourth-order valence-corrected chi connectivity index (χ4v) is 2.07. The van der Waals surface area contributed by atoms with Crippen LogP contribution in [0.1, 0.15) is 44.2 Å². The van der Waals surface area contributed by atoms with Crippen LogP contribution in [-0.4, -0.2) is 25.0 Å². The zero-order valence-electron chi connectivity index (χ0n) is 12.2. The molecule has 0 atom stereocenters. The molecule has 2 heteroatoms. The van der Waals surface area contributed by atoms with Crippen molar-refractivity contribution in [3.05, 3.63) is 35.4 Å². The van der Waals surface area contributed by atoms with E-state index in [9.17, 15) is 0 Å². The van der Waals surface area contributed by atoms with Crippen molar-refractivity contribution in [1.82, 2.24) is 10.2 Å². The summed E-state index contributed by atoms with van der Waals surface area (Å²) in [6, 6.07) is 8.93. The molecular formula is C16H28N2. The van der Waals surface area contributed by atoms with Gasteiger partial charge in [-0.3, -0.25) is 0 Å². The van der Waals surface area contributed by atoms with Gasteiger partial charge < -0.3 is 10.2 Å². The molecule has 1 aromatic rings. The maximum Gasteiger partial charge on any atom is 0.0230 e.